The zero-order valence-corrected chi connectivity index (χ0v) is 14.0. The summed E-state index contributed by atoms with van der Waals surface area (Å²) < 4.78 is 0. The maximum absolute atomic E-state index is 11.4. The summed E-state index contributed by atoms with van der Waals surface area (Å²) >= 11 is 6.18. The lowest BCUT2D eigenvalue weighted by Gasteiger charge is -2.39. The van der Waals surface area contributed by atoms with Gasteiger partial charge in [-0.3, -0.25) is 0 Å². The number of allylic oxidation sites excluding steroid dienone is 2. The normalized spacial score (nSPS) is 24.2. The molecule has 0 amide bonds. The minimum absolute atomic E-state index is 0.104. The number of hydrogen-bond donors (Lipinski definition) is 1. The van der Waals surface area contributed by atoms with Gasteiger partial charge >= 0.3 is 0 Å². The van der Waals surface area contributed by atoms with Crippen LogP contribution in [0.5, 0.6) is 0 Å². The van der Waals surface area contributed by atoms with Crippen molar-refractivity contribution in [3.63, 3.8) is 0 Å². The summed E-state index contributed by atoms with van der Waals surface area (Å²) in [6, 6.07) is 11.6. The largest absolute Gasteiger partial charge is 0.545 e. The van der Waals surface area contributed by atoms with E-state index < -0.39 is 5.97 Å². The number of carbonyl (C=O) groups excluding carboxylic acids is 1. The van der Waals surface area contributed by atoms with Crippen LogP contribution in [0.1, 0.15) is 45.4 Å². The van der Waals surface area contributed by atoms with Crippen LogP contribution >= 0.6 is 11.6 Å². The zero-order chi connectivity index (χ0) is 16.8. The molecule has 0 spiro atoms. The van der Waals surface area contributed by atoms with Crippen molar-refractivity contribution in [2.24, 2.45) is 5.92 Å². The number of carboxylic acids is 1. The van der Waals surface area contributed by atoms with Gasteiger partial charge in [0.25, 0.3) is 0 Å². The summed E-state index contributed by atoms with van der Waals surface area (Å²) in [5.41, 5.74) is 4.18. The molecule has 122 valence electrons. The molecule has 2 aliphatic rings. The number of carboxylic acid groups (broad SMARTS) is 1. The minimum Gasteiger partial charge on any atom is -0.545 e. The number of hydrogen-bond acceptors (Lipinski definition) is 3. The number of benzene rings is 2. The maximum atomic E-state index is 11.4. The Balaban J connectivity index is 1.85. The van der Waals surface area contributed by atoms with Crippen LogP contribution in [0.15, 0.2) is 48.6 Å². The molecule has 24 heavy (non-hydrogen) atoms. The molecule has 3 atom stereocenters. The lowest BCUT2D eigenvalue weighted by molar-refractivity contribution is -0.255. The number of anilines is 1. The second kappa shape index (κ2) is 5.67. The number of rotatable bonds is 2. The second-order valence-corrected chi connectivity index (χ2v) is 6.96. The molecule has 3 nitrogen and oxygen atoms in total. The molecule has 0 bridgehead atoms. The Morgan fingerprint density at radius 1 is 1.29 bits per heavy atom. The molecule has 0 radical (unpaired) electrons. The third kappa shape index (κ3) is 2.31. The molecule has 2 aromatic rings. The van der Waals surface area contributed by atoms with Crippen LogP contribution < -0.4 is 10.4 Å². The van der Waals surface area contributed by atoms with E-state index in [1.54, 1.807) is 6.07 Å². The molecule has 0 saturated heterocycles. The minimum atomic E-state index is -1.14. The standard InChI is InChI=1S/C20H18ClNO2/c1-11-14(20(23)24)8-9-17-15-6-3-7-16(15)19(22-18(11)17)12-4-2-5-13(21)10-12/h2-6,8-10,15-16,19,22H,7H2,1H3,(H,23,24)/p-1/t15-,16-,19+/m0/s1. The second-order valence-electron chi connectivity index (χ2n) is 6.52. The molecule has 1 N–H and O–H groups in total. The van der Waals surface area contributed by atoms with Gasteiger partial charge in [-0.15, -0.1) is 0 Å². The van der Waals surface area contributed by atoms with E-state index in [0.717, 1.165) is 28.8 Å². The molecule has 4 rings (SSSR count). The highest BCUT2D eigenvalue weighted by atomic mass is 35.5. The lowest BCUT2D eigenvalue weighted by atomic mass is 9.76. The van der Waals surface area contributed by atoms with Crippen LogP contribution in [-0.2, 0) is 0 Å². The van der Waals surface area contributed by atoms with Gasteiger partial charge in [-0.1, -0.05) is 48.0 Å². The van der Waals surface area contributed by atoms with Gasteiger partial charge in [0.15, 0.2) is 0 Å². The third-order valence-corrected chi connectivity index (χ3v) is 5.46. The Kier molecular flexibility index (Phi) is 3.61. The Bertz CT molecular complexity index is 859. The summed E-state index contributed by atoms with van der Waals surface area (Å²) in [6.07, 6.45) is 5.45. The first-order chi connectivity index (χ1) is 11.6. The van der Waals surface area contributed by atoms with Gasteiger partial charge in [0, 0.05) is 22.2 Å². The number of nitrogens with one attached hydrogen (secondary N) is 1. The van der Waals surface area contributed by atoms with E-state index in [1.807, 2.05) is 31.2 Å². The Morgan fingerprint density at radius 3 is 2.88 bits per heavy atom. The van der Waals surface area contributed by atoms with Gasteiger partial charge in [-0.2, -0.15) is 0 Å². The van der Waals surface area contributed by atoms with Crippen molar-refractivity contribution in [1.82, 2.24) is 0 Å². The van der Waals surface area contributed by atoms with Crippen molar-refractivity contribution in [1.29, 1.82) is 0 Å². The van der Waals surface area contributed by atoms with E-state index in [2.05, 4.69) is 23.5 Å². The molecule has 1 heterocycles. The van der Waals surface area contributed by atoms with E-state index >= 15 is 0 Å². The smallest absolute Gasteiger partial charge is 0.0718 e. The van der Waals surface area contributed by atoms with Gasteiger partial charge in [-0.25, -0.2) is 0 Å². The fourth-order valence-electron chi connectivity index (χ4n) is 4.07. The molecule has 1 aliphatic heterocycles. The predicted molar refractivity (Wildman–Crippen MR) is 93.3 cm³/mol. The summed E-state index contributed by atoms with van der Waals surface area (Å²) in [7, 11) is 0. The first-order valence-corrected chi connectivity index (χ1v) is 8.47. The SMILES string of the molecule is Cc1c(C(=O)[O-])ccc2c1N[C@H](c1cccc(Cl)c1)[C@H]1CC=C[C@H]21. The zero-order valence-electron chi connectivity index (χ0n) is 13.3. The maximum Gasteiger partial charge on any atom is 0.0718 e. The van der Waals surface area contributed by atoms with Crippen LogP contribution in [0.4, 0.5) is 5.69 Å². The van der Waals surface area contributed by atoms with Crippen molar-refractivity contribution in [3.8, 4) is 0 Å². The van der Waals surface area contributed by atoms with Gasteiger partial charge in [0.2, 0.25) is 0 Å². The van der Waals surface area contributed by atoms with E-state index in [-0.39, 0.29) is 11.6 Å². The van der Waals surface area contributed by atoms with E-state index in [9.17, 15) is 9.90 Å². The quantitative estimate of drug-likeness (QED) is 0.846. The summed E-state index contributed by atoms with van der Waals surface area (Å²) in [5, 5.41) is 15.7. The fourth-order valence-corrected chi connectivity index (χ4v) is 4.26. The Hall–Kier alpha value is -2.26. The molecule has 4 heteroatoms. The van der Waals surface area contributed by atoms with Gasteiger partial charge in [-0.05, 0) is 48.1 Å². The summed E-state index contributed by atoms with van der Waals surface area (Å²) in [4.78, 5) is 11.4. The molecular weight excluding hydrogens is 322 g/mol. The third-order valence-electron chi connectivity index (χ3n) is 5.22. The number of fused-ring (bicyclic) bond motifs is 3. The van der Waals surface area contributed by atoms with Crippen molar-refractivity contribution in [3.05, 3.63) is 75.8 Å². The van der Waals surface area contributed by atoms with Crippen molar-refractivity contribution < 1.29 is 9.90 Å². The Labute approximate surface area is 146 Å². The van der Waals surface area contributed by atoms with E-state index in [4.69, 9.17) is 11.6 Å². The van der Waals surface area contributed by atoms with Crippen LogP contribution in [-0.4, -0.2) is 5.97 Å². The fraction of sp³-hybridized carbons (Fsp3) is 0.250. The van der Waals surface area contributed by atoms with Crippen molar-refractivity contribution >= 4 is 23.3 Å². The average Bonchev–Trinajstić information content (AvgIpc) is 3.04. The van der Waals surface area contributed by atoms with Gasteiger partial charge < -0.3 is 15.2 Å². The van der Waals surface area contributed by atoms with E-state index in [1.165, 1.54) is 0 Å². The number of carbonyl (C=O) groups is 1. The molecule has 0 aromatic heterocycles. The van der Waals surface area contributed by atoms with Crippen LogP contribution in [0.25, 0.3) is 0 Å². The monoisotopic (exact) mass is 338 g/mol. The average molecular weight is 339 g/mol. The molecule has 1 aliphatic carbocycles. The molecule has 0 fully saturated rings. The van der Waals surface area contributed by atoms with Gasteiger partial charge in [0.05, 0.1) is 12.0 Å². The Morgan fingerprint density at radius 2 is 2.12 bits per heavy atom. The molecular formula is C20H17ClNO2-. The van der Waals surface area contributed by atoms with E-state index in [0.29, 0.717) is 16.9 Å². The van der Waals surface area contributed by atoms with Crippen LogP contribution in [0.3, 0.4) is 0 Å². The molecule has 0 saturated carbocycles. The summed E-state index contributed by atoms with van der Waals surface area (Å²) in [5.74, 6) is -0.440. The molecule has 2 aromatic carbocycles. The first-order valence-electron chi connectivity index (χ1n) is 8.10. The van der Waals surface area contributed by atoms with Gasteiger partial charge in [0.1, 0.15) is 0 Å². The predicted octanol–water partition coefficient (Wildman–Crippen LogP) is 3.84. The first kappa shape index (κ1) is 15.3. The van der Waals surface area contributed by atoms with Crippen LogP contribution in [0, 0.1) is 12.8 Å². The topological polar surface area (TPSA) is 52.2 Å². The summed E-state index contributed by atoms with van der Waals surface area (Å²) in [6.45, 7) is 1.84. The van der Waals surface area contributed by atoms with Crippen molar-refractivity contribution in [2.45, 2.75) is 25.3 Å². The lowest BCUT2D eigenvalue weighted by Crippen LogP contribution is -2.31. The highest BCUT2D eigenvalue weighted by Gasteiger charge is 2.38. The van der Waals surface area contributed by atoms with Crippen LogP contribution in [0.2, 0.25) is 5.02 Å². The number of halogens is 1. The van der Waals surface area contributed by atoms with Crippen molar-refractivity contribution in [2.75, 3.05) is 5.32 Å². The highest BCUT2D eigenvalue weighted by molar-refractivity contribution is 6.30. The number of aromatic carboxylic acids is 1. The molecule has 0 unspecified atom stereocenters. The highest BCUT2D eigenvalue weighted by Crippen LogP contribution is 2.51.